The summed E-state index contributed by atoms with van der Waals surface area (Å²) in [6, 6.07) is 17.9. The number of para-hydroxylation sites is 1. The number of aliphatic imine (C=N–C) groups is 1. The number of halogens is 2. The van der Waals surface area contributed by atoms with Gasteiger partial charge in [0.15, 0.2) is 5.75 Å². The maximum atomic E-state index is 12.5. The molecule has 0 radical (unpaired) electrons. The molecule has 3 aromatic carbocycles. The Kier molecular flexibility index (Phi) is 5.85. The topological polar surface area (TPSA) is 55.7 Å². The fourth-order valence-electron chi connectivity index (χ4n) is 2.24. The molecule has 3 rings (SSSR count). The van der Waals surface area contributed by atoms with E-state index in [2.05, 4.69) is 4.99 Å². The van der Waals surface area contributed by atoms with E-state index in [0.29, 0.717) is 21.3 Å². The zero-order chi connectivity index (χ0) is 19.4. The Bertz CT molecular complexity index is 1090. The Hall–Kier alpha value is -2.34. The number of hydrogen-bond acceptors (Lipinski definition) is 4. The van der Waals surface area contributed by atoms with Crippen LogP contribution in [0.3, 0.4) is 0 Å². The van der Waals surface area contributed by atoms with Crippen LogP contribution in [0.2, 0.25) is 10.0 Å². The number of nitrogens with zero attached hydrogens (tertiary/aromatic N) is 1. The van der Waals surface area contributed by atoms with Gasteiger partial charge in [0.05, 0.1) is 5.69 Å². The number of rotatable bonds is 5. The monoisotopic (exact) mass is 419 g/mol. The molecule has 0 aliphatic rings. The second-order valence-electron chi connectivity index (χ2n) is 5.72. The summed E-state index contributed by atoms with van der Waals surface area (Å²) in [7, 11) is -3.99. The van der Waals surface area contributed by atoms with E-state index in [0.717, 1.165) is 5.56 Å². The van der Waals surface area contributed by atoms with Crippen LogP contribution in [-0.2, 0) is 10.1 Å². The molecule has 0 aromatic heterocycles. The molecule has 0 fully saturated rings. The molecular weight excluding hydrogens is 405 g/mol. The zero-order valence-electron chi connectivity index (χ0n) is 14.3. The summed E-state index contributed by atoms with van der Waals surface area (Å²) in [5.74, 6) is 0.175. The number of hydrogen-bond donors (Lipinski definition) is 0. The second kappa shape index (κ2) is 8.13. The Morgan fingerprint density at radius 2 is 1.67 bits per heavy atom. The van der Waals surface area contributed by atoms with Crippen LogP contribution in [0.1, 0.15) is 11.1 Å². The standard InChI is InChI=1S/C20H15Cl2NO3S/c1-14-6-9-17(12-19(14)22)23-13-15-4-2-3-5-20(15)26-27(24,25)18-10-7-16(21)8-11-18/h2-13H,1H3. The van der Waals surface area contributed by atoms with E-state index in [-0.39, 0.29) is 10.6 Å². The Labute approximate surface area is 168 Å². The van der Waals surface area contributed by atoms with Crippen molar-refractivity contribution in [3.05, 3.63) is 87.9 Å². The van der Waals surface area contributed by atoms with Crippen molar-refractivity contribution in [2.45, 2.75) is 11.8 Å². The molecule has 0 aliphatic carbocycles. The van der Waals surface area contributed by atoms with Crippen molar-refractivity contribution in [2.75, 3.05) is 0 Å². The van der Waals surface area contributed by atoms with Gasteiger partial charge in [-0.15, -0.1) is 0 Å². The van der Waals surface area contributed by atoms with Crippen LogP contribution in [0, 0.1) is 6.92 Å². The van der Waals surface area contributed by atoms with Crippen LogP contribution < -0.4 is 4.18 Å². The lowest BCUT2D eigenvalue weighted by molar-refractivity contribution is 0.485. The lowest BCUT2D eigenvalue weighted by Gasteiger charge is -2.09. The molecular formula is C20H15Cl2NO3S. The molecule has 0 unspecified atom stereocenters. The van der Waals surface area contributed by atoms with Gasteiger partial charge in [-0.05, 0) is 61.0 Å². The molecule has 7 heteroatoms. The highest BCUT2D eigenvalue weighted by Gasteiger charge is 2.18. The van der Waals surface area contributed by atoms with Gasteiger partial charge in [0.25, 0.3) is 0 Å². The van der Waals surface area contributed by atoms with Gasteiger partial charge in [0.1, 0.15) is 4.90 Å². The molecule has 0 saturated carbocycles. The highest BCUT2D eigenvalue weighted by Crippen LogP contribution is 2.25. The van der Waals surface area contributed by atoms with Crippen LogP contribution in [0.25, 0.3) is 0 Å². The summed E-state index contributed by atoms with van der Waals surface area (Å²) in [6.07, 6.45) is 1.54. The van der Waals surface area contributed by atoms with E-state index in [1.54, 1.807) is 30.3 Å². The highest BCUT2D eigenvalue weighted by molar-refractivity contribution is 7.87. The van der Waals surface area contributed by atoms with Gasteiger partial charge < -0.3 is 4.18 Å². The third kappa shape index (κ3) is 4.89. The summed E-state index contributed by atoms with van der Waals surface area (Å²) >= 11 is 11.9. The molecule has 0 aliphatic heterocycles. The lowest BCUT2D eigenvalue weighted by Crippen LogP contribution is -2.10. The molecule has 0 atom stereocenters. The third-order valence-electron chi connectivity index (χ3n) is 3.73. The smallest absolute Gasteiger partial charge is 0.339 e. The summed E-state index contributed by atoms with van der Waals surface area (Å²) in [6.45, 7) is 1.90. The maximum Gasteiger partial charge on any atom is 0.339 e. The molecule has 27 heavy (non-hydrogen) atoms. The lowest BCUT2D eigenvalue weighted by atomic mass is 10.2. The van der Waals surface area contributed by atoms with Gasteiger partial charge in [0, 0.05) is 21.8 Å². The molecule has 0 spiro atoms. The predicted molar refractivity (Wildman–Crippen MR) is 109 cm³/mol. The van der Waals surface area contributed by atoms with Crippen LogP contribution in [0.5, 0.6) is 5.75 Å². The summed E-state index contributed by atoms with van der Waals surface area (Å²) in [5, 5.41) is 1.05. The summed E-state index contributed by atoms with van der Waals surface area (Å²) in [5.41, 5.74) is 2.13. The van der Waals surface area contributed by atoms with E-state index in [1.165, 1.54) is 30.5 Å². The third-order valence-corrected chi connectivity index (χ3v) is 5.64. The van der Waals surface area contributed by atoms with E-state index >= 15 is 0 Å². The minimum atomic E-state index is -3.99. The summed E-state index contributed by atoms with van der Waals surface area (Å²) < 4.78 is 30.3. The van der Waals surface area contributed by atoms with Crippen LogP contribution in [-0.4, -0.2) is 14.6 Å². The van der Waals surface area contributed by atoms with Crippen LogP contribution in [0.15, 0.2) is 76.6 Å². The minimum Gasteiger partial charge on any atom is -0.378 e. The first kappa shape index (κ1) is 19.4. The fraction of sp³-hybridized carbons (Fsp3) is 0.0500. The van der Waals surface area contributed by atoms with Crippen molar-refractivity contribution in [1.29, 1.82) is 0 Å². The van der Waals surface area contributed by atoms with Crippen molar-refractivity contribution >= 4 is 45.2 Å². The fourth-order valence-corrected chi connectivity index (χ4v) is 3.49. The second-order valence-corrected chi connectivity index (χ2v) is 8.11. The SMILES string of the molecule is Cc1ccc(N=Cc2ccccc2OS(=O)(=O)c2ccc(Cl)cc2)cc1Cl. The van der Waals surface area contributed by atoms with Gasteiger partial charge in [0.2, 0.25) is 0 Å². The van der Waals surface area contributed by atoms with E-state index in [4.69, 9.17) is 27.4 Å². The minimum absolute atomic E-state index is 0.0176. The van der Waals surface area contributed by atoms with Crippen molar-refractivity contribution in [1.82, 2.24) is 0 Å². The molecule has 0 heterocycles. The molecule has 3 aromatic rings. The molecule has 138 valence electrons. The average molecular weight is 420 g/mol. The summed E-state index contributed by atoms with van der Waals surface area (Å²) in [4.78, 5) is 4.37. The number of benzene rings is 3. The van der Waals surface area contributed by atoms with Crippen molar-refractivity contribution in [3.8, 4) is 5.75 Å². The van der Waals surface area contributed by atoms with E-state index in [1.807, 2.05) is 19.1 Å². The van der Waals surface area contributed by atoms with Crippen LogP contribution >= 0.6 is 23.2 Å². The average Bonchev–Trinajstić information content (AvgIpc) is 2.64. The largest absolute Gasteiger partial charge is 0.378 e. The zero-order valence-corrected chi connectivity index (χ0v) is 16.6. The van der Waals surface area contributed by atoms with E-state index < -0.39 is 10.1 Å². The molecule has 0 bridgehead atoms. The van der Waals surface area contributed by atoms with Crippen molar-refractivity contribution in [2.24, 2.45) is 4.99 Å². The first-order chi connectivity index (χ1) is 12.8. The normalized spacial score (nSPS) is 11.7. The maximum absolute atomic E-state index is 12.5. The first-order valence-electron chi connectivity index (χ1n) is 7.94. The number of aryl methyl sites for hydroxylation is 1. The quantitative estimate of drug-likeness (QED) is 0.386. The molecule has 0 saturated heterocycles. The Morgan fingerprint density at radius 3 is 2.37 bits per heavy atom. The van der Waals surface area contributed by atoms with Gasteiger partial charge in [-0.1, -0.05) is 41.4 Å². The molecule has 0 N–H and O–H groups in total. The van der Waals surface area contributed by atoms with Gasteiger partial charge >= 0.3 is 10.1 Å². The molecule has 4 nitrogen and oxygen atoms in total. The Balaban J connectivity index is 1.88. The van der Waals surface area contributed by atoms with Gasteiger partial charge in [-0.3, -0.25) is 4.99 Å². The predicted octanol–water partition coefficient (Wildman–Crippen LogP) is 5.82. The van der Waals surface area contributed by atoms with Gasteiger partial charge in [-0.25, -0.2) is 0 Å². The molecule has 0 amide bonds. The van der Waals surface area contributed by atoms with E-state index in [9.17, 15) is 8.42 Å². The highest BCUT2D eigenvalue weighted by atomic mass is 35.5. The van der Waals surface area contributed by atoms with Gasteiger partial charge in [-0.2, -0.15) is 8.42 Å². The van der Waals surface area contributed by atoms with Crippen LogP contribution in [0.4, 0.5) is 5.69 Å². The van der Waals surface area contributed by atoms with Crippen molar-refractivity contribution in [3.63, 3.8) is 0 Å². The first-order valence-corrected chi connectivity index (χ1v) is 10.1. The van der Waals surface area contributed by atoms with Crippen molar-refractivity contribution < 1.29 is 12.6 Å². The Morgan fingerprint density at radius 1 is 0.963 bits per heavy atom.